The lowest BCUT2D eigenvalue weighted by Crippen LogP contribution is -2.52. The Hall–Kier alpha value is -3.36. The summed E-state index contributed by atoms with van der Waals surface area (Å²) in [5.74, 6) is 0.718. The van der Waals surface area contributed by atoms with Gasteiger partial charge in [0.25, 0.3) is 5.56 Å². The predicted molar refractivity (Wildman–Crippen MR) is 135 cm³/mol. The van der Waals surface area contributed by atoms with Gasteiger partial charge >= 0.3 is 0 Å². The van der Waals surface area contributed by atoms with Gasteiger partial charge in [0.2, 0.25) is 0 Å². The fourth-order valence-electron chi connectivity index (χ4n) is 5.92. The Bertz CT molecular complexity index is 1410. The quantitative estimate of drug-likeness (QED) is 0.484. The van der Waals surface area contributed by atoms with Crippen molar-refractivity contribution in [1.82, 2.24) is 35.0 Å². The summed E-state index contributed by atoms with van der Waals surface area (Å²) in [6.07, 6.45) is 2.44. The van der Waals surface area contributed by atoms with Gasteiger partial charge in [-0.05, 0) is 72.5 Å². The third kappa shape index (κ3) is 4.17. The summed E-state index contributed by atoms with van der Waals surface area (Å²) in [4.78, 5) is 21.7. The molecule has 0 radical (unpaired) electrons. The van der Waals surface area contributed by atoms with Crippen molar-refractivity contribution < 1.29 is 0 Å². The molecule has 8 heteroatoms. The van der Waals surface area contributed by atoms with Gasteiger partial charge in [-0.25, -0.2) is 4.68 Å². The van der Waals surface area contributed by atoms with Crippen molar-refractivity contribution in [2.45, 2.75) is 45.3 Å². The smallest absolute Gasteiger partial charge is 0.253 e. The minimum Gasteiger partial charge on any atom is -0.322 e. The number of hydrogen-bond donors (Lipinski definition) is 1. The normalized spacial score (nSPS) is 19.8. The lowest BCUT2D eigenvalue weighted by molar-refractivity contribution is 0.0790. The molecule has 8 nitrogen and oxygen atoms in total. The van der Waals surface area contributed by atoms with Crippen molar-refractivity contribution in [3.8, 4) is 0 Å². The van der Waals surface area contributed by atoms with Crippen LogP contribution in [0.3, 0.4) is 0 Å². The molecule has 0 spiro atoms. The number of H-pyrrole nitrogens is 1. The van der Waals surface area contributed by atoms with Crippen LogP contribution < -0.4 is 5.56 Å². The number of aromatic nitrogens is 5. The average molecular weight is 470 g/mol. The molecule has 2 atom stereocenters. The SMILES string of the molecule is Cc1cc(C)c2cc(C(c3nnnn3Cc3ccccc3)N3CCN4CCCC4C3)c(=O)[nH]c2c1. The summed E-state index contributed by atoms with van der Waals surface area (Å²) in [7, 11) is 0. The predicted octanol–water partition coefficient (Wildman–Crippen LogP) is 3.05. The van der Waals surface area contributed by atoms with Gasteiger partial charge in [0.05, 0.1) is 6.54 Å². The third-order valence-electron chi connectivity index (χ3n) is 7.60. The van der Waals surface area contributed by atoms with Crippen LogP contribution in [-0.2, 0) is 6.54 Å². The number of hydrogen-bond acceptors (Lipinski definition) is 6. The molecule has 0 amide bonds. The van der Waals surface area contributed by atoms with Crippen LogP contribution in [0.25, 0.3) is 10.9 Å². The van der Waals surface area contributed by atoms with Crippen molar-refractivity contribution in [2.75, 3.05) is 26.2 Å². The highest BCUT2D eigenvalue weighted by molar-refractivity contribution is 5.83. The van der Waals surface area contributed by atoms with Gasteiger partial charge in [-0.3, -0.25) is 14.6 Å². The van der Waals surface area contributed by atoms with Crippen molar-refractivity contribution in [3.63, 3.8) is 0 Å². The number of fused-ring (bicyclic) bond motifs is 2. The fourth-order valence-corrected chi connectivity index (χ4v) is 5.92. The van der Waals surface area contributed by atoms with E-state index in [4.69, 9.17) is 0 Å². The average Bonchev–Trinajstić information content (AvgIpc) is 3.50. The molecule has 2 saturated heterocycles. The molecule has 1 N–H and O–H groups in total. The van der Waals surface area contributed by atoms with Gasteiger partial charge in [0, 0.05) is 42.1 Å². The van der Waals surface area contributed by atoms with Crippen molar-refractivity contribution >= 4 is 10.9 Å². The van der Waals surface area contributed by atoms with Gasteiger partial charge in [-0.2, -0.15) is 0 Å². The largest absolute Gasteiger partial charge is 0.322 e. The number of aryl methyl sites for hydroxylation is 2. The Balaban J connectivity index is 1.47. The first-order valence-corrected chi connectivity index (χ1v) is 12.5. The summed E-state index contributed by atoms with van der Waals surface area (Å²) >= 11 is 0. The van der Waals surface area contributed by atoms with E-state index >= 15 is 0 Å². The van der Waals surface area contributed by atoms with Crippen LogP contribution in [0, 0.1) is 13.8 Å². The standard InChI is InChI=1S/C27H31N7O/c1-18-13-19(2)22-15-23(27(35)28-24(22)14-18)25(33-12-11-32-10-6-9-21(32)17-33)26-29-30-31-34(26)16-20-7-4-3-5-8-20/h3-5,7-8,13-15,21,25H,6,9-12,16-17H2,1-2H3,(H,28,35). The Morgan fingerprint density at radius 3 is 2.80 bits per heavy atom. The second-order valence-electron chi connectivity index (χ2n) is 10.0. The Morgan fingerprint density at radius 1 is 1.09 bits per heavy atom. The van der Waals surface area contributed by atoms with E-state index in [1.165, 1.54) is 19.4 Å². The maximum absolute atomic E-state index is 13.6. The van der Waals surface area contributed by atoms with Crippen LogP contribution in [0.4, 0.5) is 0 Å². The lowest BCUT2D eigenvalue weighted by Gasteiger charge is -2.41. The van der Waals surface area contributed by atoms with Crippen LogP contribution in [0.5, 0.6) is 0 Å². The molecule has 2 aliphatic heterocycles. The highest BCUT2D eigenvalue weighted by Crippen LogP contribution is 2.32. The monoisotopic (exact) mass is 469 g/mol. The maximum Gasteiger partial charge on any atom is 0.253 e. The molecule has 2 unspecified atom stereocenters. The van der Waals surface area contributed by atoms with Gasteiger partial charge in [-0.15, -0.1) is 5.10 Å². The number of nitrogens with one attached hydrogen (secondary N) is 1. The van der Waals surface area contributed by atoms with E-state index in [-0.39, 0.29) is 11.6 Å². The zero-order chi connectivity index (χ0) is 23.9. The van der Waals surface area contributed by atoms with Crippen LogP contribution in [0.15, 0.2) is 53.3 Å². The number of benzene rings is 2. The van der Waals surface area contributed by atoms with Gasteiger partial charge in [-0.1, -0.05) is 36.4 Å². The number of tetrazole rings is 1. The first kappa shape index (κ1) is 22.1. The molecule has 2 aliphatic rings. The second kappa shape index (κ2) is 9.02. The molecule has 4 aromatic rings. The van der Waals surface area contributed by atoms with Crippen LogP contribution in [0.1, 0.15) is 47.0 Å². The summed E-state index contributed by atoms with van der Waals surface area (Å²) in [6.45, 7) is 8.68. The molecule has 2 aromatic heterocycles. The van der Waals surface area contributed by atoms with Crippen LogP contribution in [0.2, 0.25) is 0 Å². The fraction of sp³-hybridized carbons (Fsp3) is 0.407. The Kier molecular flexibility index (Phi) is 5.70. The first-order chi connectivity index (χ1) is 17.1. The number of pyridine rings is 1. The molecule has 0 saturated carbocycles. The van der Waals surface area contributed by atoms with Crippen molar-refractivity contribution in [1.29, 1.82) is 0 Å². The summed E-state index contributed by atoms with van der Waals surface area (Å²) < 4.78 is 1.85. The van der Waals surface area contributed by atoms with E-state index in [0.717, 1.165) is 53.1 Å². The summed E-state index contributed by atoms with van der Waals surface area (Å²) in [5.41, 5.74) is 4.93. The topological polar surface area (TPSA) is 82.9 Å². The number of rotatable bonds is 5. The molecule has 0 aliphatic carbocycles. The molecule has 180 valence electrons. The van der Waals surface area contributed by atoms with Gasteiger partial charge < -0.3 is 4.98 Å². The van der Waals surface area contributed by atoms with E-state index < -0.39 is 0 Å². The first-order valence-electron chi connectivity index (χ1n) is 12.5. The van der Waals surface area contributed by atoms with E-state index in [1.54, 1.807) is 0 Å². The molecule has 6 rings (SSSR count). The molecule has 4 heterocycles. The van der Waals surface area contributed by atoms with Crippen LogP contribution in [-0.4, -0.2) is 67.2 Å². The number of nitrogens with zero attached hydrogens (tertiary/aromatic N) is 6. The molecule has 0 bridgehead atoms. The maximum atomic E-state index is 13.6. The van der Waals surface area contributed by atoms with Crippen LogP contribution >= 0.6 is 0 Å². The van der Waals surface area contributed by atoms with Crippen molar-refractivity contribution in [3.05, 3.63) is 87.0 Å². The Labute approximate surface area is 204 Å². The van der Waals surface area contributed by atoms with E-state index in [9.17, 15) is 4.79 Å². The molecular weight excluding hydrogens is 438 g/mol. The van der Waals surface area contributed by atoms with Gasteiger partial charge in [0.1, 0.15) is 6.04 Å². The highest BCUT2D eigenvalue weighted by Gasteiger charge is 2.37. The minimum absolute atomic E-state index is 0.0735. The molecule has 35 heavy (non-hydrogen) atoms. The lowest BCUT2D eigenvalue weighted by atomic mass is 9.98. The van der Waals surface area contributed by atoms with E-state index in [0.29, 0.717) is 18.2 Å². The summed E-state index contributed by atoms with van der Waals surface area (Å²) in [6, 6.07) is 16.7. The Morgan fingerprint density at radius 2 is 1.94 bits per heavy atom. The second-order valence-corrected chi connectivity index (χ2v) is 10.0. The molecule has 2 aromatic carbocycles. The highest BCUT2D eigenvalue weighted by atomic mass is 16.1. The zero-order valence-corrected chi connectivity index (χ0v) is 20.3. The van der Waals surface area contributed by atoms with Gasteiger partial charge in [0.15, 0.2) is 5.82 Å². The van der Waals surface area contributed by atoms with E-state index in [2.05, 4.69) is 68.4 Å². The molecule has 2 fully saturated rings. The van der Waals surface area contributed by atoms with Crippen molar-refractivity contribution in [2.24, 2.45) is 0 Å². The minimum atomic E-state index is -0.315. The summed E-state index contributed by atoms with van der Waals surface area (Å²) in [5, 5.41) is 14.0. The zero-order valence-electron chi connectivity index (χ0n) is 20.3. The third-order valence-corrected chi connectivity index (χ3v) is 7.60. The van der Waals surface area contributed by atoms with E-state index in [1.807, 2.05) is 28.9 Å². The number of aromatic amines is 1. The number of piperazine rings is 1. The molecular formula is C27H31N7O.